The Labute approximate surface area is 128 Å². The van der Waals surface area contributed by atoms with Crippen LogP contribution in [0, 0.1) is 6.92 Å². The number of nitrogens with one attached hydrogen (secondary N) is 1. The predicted molar refractivity (Wildman–Crippen MR) is 87.0 cm³/mol. The lowest BCUT2D eigenvalue weighted by molar-refractivity contribution is 0.749. The van der Waals surface area contributed by atoms with Crippen molar-refractivity contribution in [1.82, 2.24) is 0 Å². The quantitative estimate of drug-likeness (QED) is 0.723. The number of halogens is 2. The van der Waals surface area contributed by atoms with E-state index in [2.05, 4.69) is 58.5 Å². The number of rotatable bonds is 4. The van der Waals surface area contributed by atoms with Gasteiger partial charge in [-0.05, 0) is 48.7 Å². The summed E-state index contributed by atoms with van der Waals surface area (Å²) >= 11 is 9.62. The van der Waals surface area contributed by atoms with E-state index < -0.39 is 0 Å². The molecule has 1 atom stereocenters. The summed E-state index contributed by atoms with van der Waals surface area (Å²) in [5, 5.41) is 4.33. The van der Waals surface area contributed by atoms with Crippen molar-refractivity contribution >= 4 is 33.2 Å². The first-order chi connectivity index (χ1) is 9.10. The third kappa shape index (κ3) is 3.74. The molecule has 3 heteroatoms. The van der Waals surface area contributed by atoms with Crippen molar-refractivity contribution in [3.63, 3.8) is 0 Å². The van der Waals surface area contributed by atoms with Gasteiger partial charge in [-0.1, -0.05) is 52.7 Å². The number of hydrogen-bond acceptors (Lipinski definition) is 1. The van der Waals surface area contributed by atoms with Gasteiger partial charge in [0.15, 0.2) is 0 Å². The maximum atomic E-state index is 6.16. The van der Waals surface area contributed by atoms with Crippen LogP contribution in [0.3, 0.4) is 0 Å². The van der Waals surface area contributed by atoms with E-state index in [0.717, 1.165) is 27.2 Å². The maximum absolute atomic E-state index is 6.16. The Kier molecular flexibility index (Phi) is 4.89. The minimum Gasteiger partial charge on any atom is -0.378 e. The zero-order valence-electron chi connectivity index (χ0n) is 11.1. The molecule has 100 valence electrons. The van der Waals surface area contributed by atoms with Gasteiger partial charge in [-0.15, -0.1) is 0 Å². The second-order valence-electron chi connectivity index (χ2n) is 4.62. The Balaban J connectivity index is 2.18. The third-order valence-electron chi connectivity index (χ3n) is 3.19. The van der Waals surface area contributed by atoms with Gasteiger partial charge in [0.1, 0.15) is 0 Å². The Bertz CT molecular complexity index is 551. The molecule has 0 aliphatic heterocycles. The maximum Gasteiger partial charge on any atom is 0.0511 e. The van der Waals surface area contributed by atoms with Crippen LogP contribution in [0.1, 0.15) is 30.5 Å². The van der Waals surface area contributed by atoms with Crippen molar-refractivity contribution < 1.29 is 0 Å². The minimum atomic E-state index is 0.298. The standard InChI is InChI=1S/C16H17BrClN/c1-3-16(12-5-7-13(17)8-6-12)19-14-9-4-11(2)15(18)10-14/h4-10,16,19H,3H2,1-2H3. The van der Waals surface area contributed by atoms with E-state index >= 15 is 0 Å². The summed E-state index contributed by atoms with van der Waals surface area (Å²) in [4.78, 5) is 0. The van der Waals surface area contributed by atoms with Gasteiger partial charge in [0.05, 0.1) is 6.04 Å². The summed E-state index contributed by atoms with van der Waals surface area (Å²) in [7, 11) is 0. The van der Waals surface area contributed by atoms with Crippen LogP contribution in [0.5, 0.6) is 0 Å². The molecule has 0 amide bonds. The van der Waals surface area contributed by atoms with Crippen molar-refractivity contribution in [2.24, 2.45) is 0 Å². The molecule has 2 aromatic carbocycles. The molecule has 1 N–H and O–H groups in total. The molecule has 0 aliphatic rings. The van der Waals surface area contributed by atoms with Crippen LogP contribution >= 0.6 is 27.5 Å². The van der Waals surface area contributed by atoms with E-state index in [1.54, 1.807) is 0 Å². The molecule has 0 aliphatic carbocycles. The molecule has 0 fully saturated rings. The fraction of sp³-hybridized carbons (Fsp3) is 0.250. The number of benzene rings is 2. The Hall–Kier alpha value is -0.990. The van der Waals surface area contributed by atoms with Crippen LogP contribution in [0.4, 0.5) is 5.69 Å². The molecular weight excluding hydrogens is 322 g/mol. The molecule has 0 radical (unpaired) electrons. The van der Waals surface area contributed by atoms with Crippen LogP contribution in [0.15, 0.2) is 46.9 Å². The molecule has 2 rings (SSSR count). The first kappa shape index (κ1) is 14.4. The number of aryl methyl sites for hydroxylation is 1. The highest BCUT2D eigenvalue weighted by atomic mass is 79.9. The van der Waals surface area contributed by atoms with Crippen LogP contribution in [-0.2, 0) is 0 Å². The SMILES string of the molecule is CCC(Nc1ccc(C)c(Cl)c1)c1ccc(Br)cc1. The van der Waals surface area contributed by atoms with E-state index in [4.69, 9.17) is 11.6 Å². The fourth-order valence-corrected chi connectivity index (χ4v) is 2.44. The average Bonchev–Trinajstić information content (AvgIpc) is 2.41. The van der Waals surface area contributed by atoms with E-state index in [9.17, 15) is 0 Å². The zero-order valence-corrected chi connectivity index (χ0v) is 13.4. The van der Waals surface area contributed by atoms with E-state index in [1.165, 1.54) is 5.56 Å². The summed E-state index contributed by atoms with van der Waals surface area (Å²) in [6, 6.07) is 14.8. The van der Waals surface area contributed by atoms with Crippen LogP contribution < -0.4 is 5.32 Å². The van der Waals surface area contributed by atoms with E-state index in [0.29, 0.717) is 6.04 Å². The van der Waals surface area contributed by atoms with Crippen molar-refractivity contribution in [2.45, 2.75) is 26.3 Å². The van der Waals surface area contributed by atoms with Crippen molar-refractivity contribution in [2.75, 3.05) is 5.32 Å². The zero-order chi connectivity index (χ0) is 13.8. The van der Waals surface area contributed by atoms with Crippen LogP contribution in [-0.4, -0.2) is 0 Å². The summed E-state index contributed by atoms with van der Waals surface area (Å²) in [6.07, 6.45) is 1.02. The molecule has 2 aromatic rings. The highest BCUT2D eigenvalue weighted by molar-refractivity contribution is 9.10. The lowest BCUT2D eigenvalue weighted by atomic mass is 10.0. The molecule has 0 bridgehead atoms. The van der Waals surface area contributed by atoms with Gasteiger partial charge in [0, 0.05) is 15.2 Å². The molecule has 1 unspecified atom stereocenters. The monoisotopic (exact) mass is 337 g/mol. The Morgan fingerprint density at radius 2 is 1.84 bits per heavy atom. The molecule has 19 heavy (non-hydrogen) atoms. The molecule has 0 spiro atoms. The third-order valence-corrected chi connectivity index (χ3v) is 4.13. The van der Waals surface area contributed by atoms with Crippen molar-refractivity contribution in [1.29, 1.82) is 0 Å². The largest absolute Gasteiger partial charge is 0.378 e. The first-order valence-corrected chi connectivity index (χ1v) is 7.55. The highest BCUT2D eigenvalue weighted by Gasteiger charge is 2.09. The average molecular weight is 339 g/mol. The molecule has 0 saturated carbocycles. The summed E-state index contributed by atoms with van der Waals surface area (Å²) < 4.78 is 1.10. The highest BCUT2D eigenvalue weighted by Crippen LogP contribution is 2.26. The number of hydrogen-bond donors (Lipinski definition) is 1. The predicted octanol–water partition coefficient (Wildman–Crippen LogP) is 5.97. The summed E-state index contributed by atoms with van der Waals surface area (Å²) in [5.41, 5.74) is 3.44. The van der Waals surface area contributed by atoms with Crippen LogP contribution in [0.25, 0.3) is 0 Å². The second kappa shape index (κ2) is 6.44. The van der Waals surface area contributed by atoms with Crippen molar-refractivity contribution in [3.8, 4) is 0 Å². The topological polar surface area (TPSA) is 12.0 Å². The lowest BCUT2D eigenvalue weighted by Gasteiger charge is -2.19. The Morgan fingerprint density at radius 1 is 1.16 bits per heavy atom. The summed E-state index contributed by atoms with van der Waals surface area (Å²) in [5.74, 6) is 0. The van der Waals surface area contributed by atoms with Gasteiger partial charge in [0.2, 0.25) is 0 Å². The van der Waals surface area contributed by atoms with Gasteiger partial charge in [-0.2, -0.15) is 0 Å². The van der Waals surface area contributed by atoms with Crippen molar-refractivity contribution in [3.05, 3.63) is 63.1 Å². The van der Waals surface area contributed by atoms with Gasteiger partial charge in [-0.25, -0.2) is 0 Å². The fourth-order valence-electron chi connectivity index (χ4n) is 2.00. The van der Waals surface area contributed by atoms with E-state index in [-0.39, 0.29) is 0 Å². The van der Waals surface area contributed by atoms with Gasteiger partial charge in [-0.3, -0.25) is 0 Å². The molecular formula is C16H17BrClN. The van der Waals surface area contributed by atoms with Crippen LogP contribution in [0.2, 0.25) is 5.02 Å². The number of anilines is 1. The Morgan fingerprint density at radius 3 is 2.42 bits per heavy atom. The van der Waals surface area contributed by atoms with Gasteiger partial charge in [0.25, 0.3) is 0 Å². The lowest BCUT2D eigenvalue weighted by Crippen LogP contribution is -2.09. The minimum absolute atomic E-state index is 0.298. The first-order valence-electron chi connectivity index (χ1n) is 6.38. The van der Waals surface area contributed by atoms with E-state index in [1.807, 2.05) is 19.1 Å². The molecule has 0 saturated heterocycles. The van der Waals surface area contributed by atoms with Gasteiger partial charge < -0.3 is 5.32 Å². The van der Waals surface area contributed by atoms with Gasteiger partial charge >= 0.3 is 0 Å². The molecule has 0 aromatic heterocycles. The smallest absolute Gasteiger partial charge is 0.0511 e. The molecule has 1 nitrogen and oxygen atoms in total. The molecule has 0 heterocycles. The normalized spacial score (nSPS) is 12.2. The second-order valence-corrected chi connectivity index (χ2v) is 5.94. The summed E-state index contributed by atoms with van der Waals surface area (Å²) in [6.45, 7) is 4.19.